The Morgan fingerprint density at radius 2 is 2.29 bits per heavy atom. The average Bonchev–Trinajstić information content (AvgIpc) is 2.11. The molecule has 0 unspecified atom stereocenters. The first-order chi connectivity index (χ1) is 6.52. The van der Waals surface area contributed by atoms with Crippen molar-refractivity contribution < 1.29 is 9.31 Å². The molecule has 0 spiro atoms. The Morgan fingerprint density at radius 3 is 2.79 bits per heavy atom. The van der Waals surface area contributed by atoms with E-state index in [2.05, 4.69) is 0 Å². The average molecular weight is 216 g/mol. The molecule has 0 saturated heterocycles. The minimum absolute atomic E-state index is 0.0448. The lowest BCUT2D eigenvalue weighted by molar-refractivity contribution is -0.422. The van der Waals surface area contributed by atoms with Crippen molar-refractivity contribution in [3.63, 3.8) is 0 Å². The Morgan fingerprint density at radius 1 is 1.64 bits per heavy atom. The van der Waals surface area contributed by atoms with E-state index < -0.39 is 10.7 Å². The van der Waals surface area contributed by atoms with E-state index >= 15 is 0 Å². The van der Waals surface area contributed by atoms with E-state index in [1.54, 1.807) is 0 Å². The van der Waals surface area contributed by atoms with Gasteiger partial charge < -0.3 is 0 Å². The summed E-state index contributed by atoms with van der Waals surface area (Å²) in [5, 5.41) is 10.5. The van der Waals surface area contributed by atoms with E-state index in [1.165, 1.54) is 25.1 Å². The van der Waals surface area contributed by atoms with Crippen LogP contribution in [0.25, 0.3) is 6.08 Å². The molecular formula is C9H7ClFNO2. The van der Waals surface area contributed by atoms with Gasteiger partial charge in [-0.25, -0.2) is 4.39 Å². The standard InChI is InChI=1S/C9H7ClFNO2/c1-6(12(13)14)5-7-8(10)3-2-4-9(7)11/h2-5H,1H3. The van der Waals surface area contributed by atoms with Gasteiger partial charge in [-0.2, -0.15) is 0 Å². The highest BCUT2D eigenvalue weighted by molar-refractivity contribution is 6.32. The highest BCUT2D eigenvalue weighted by atomic mass is 35.5. The molecule has 5 heteroatoms. The van der Waals surface area contributed by atoms with Crippen LogP contribution in [0.15, 0.2) is 23.9 Å². The molecule has 0 aliphatic carbocycles. The van der Waals surface area contributed by atoms with E-state index in [4.69, 9.17) is 11.6 Å². The van der Waals surface area contributed by atoms with E-state index in [-0.39, 0.29) is 16.3 Å². The molecule has 0 aliphatic rings. The van der Waals surface area contributed by atoms with Gasteiger partial charge >= 0.3 is 0 Å². The maximum atomic E-state index is 13.1. The highest BCUT2D eigenvalue weighted by Crippen LogP contribution is 2.21. The summed E-state index contributed by atoms with van der Waals surface area (Å²) in [4.78, 5) is 9.70. The summed E-state index contributed by atoms with van der Waals surface area (Å²) in [6, 6.07) is 4.12. The van der Waals surface area contributed by atoms with Gasteiger partial charge in [0, 0.05) is 18.6 Å². The largest absolute Gasteiger partial charge is 0.259 e. The van der Waals surface area contributed by atoms with Gasteiger partial charge in [-0.1, -0.05) is 17.7 Å². The van der Waals surface area contributed by atoms with Crippen LogP contribution in [-0.4, -0.2) is 4.92 Å². The van der Waals surface area contributed by atoms with Gasteiger partial charge in [0.2, 0.25) is 5.70 Å². The van der Waals surface area contributed by atoms with E-state index in [9.17, 15) is 14.5 Å². The molecule has 0 atom stereocenters. The predicted octanol–water partition coefficient (Wildman–Crippen LogP) is 3.12. The minimum Gasteiger partial charge on any atom is -0.259 e. The Hall–Kier alpha value is -1.42. The molecule has 1 aromatic carbocycles. The number of rotatable bonds is 2. The lowest BCUT2D eigenvalue weighted by atomic mass is 10.2. The van der Waals surface area contributed by atoms with Gasteiger partial charge in [-0.15, -0.1) is 0 Å². The van der Waals surface area contributed by atoms with Gasteiger partial charge in [0.1, 0.15) is 5.82 Å². The van der Waals surface area contributed by atoms with Crippen LogP contribution in [0, 0.1) is 15.9 Å². The number of benzene rings is 1. The molecule has 74 valence electrons. The van der Waals surface area contributed by atoms with Crippen LogP contribution in [0.1, 0.15) is 12.5 Å². The second-order valence-electron chi connectivity index (χ2n) is 2.68. The fourth-order valence-electron chi connectivity index (χ4n) is 0.910. The SMILES string of the molecule is CC(=Cc1c(F)cccc1Cl)[N+](=O)[O-]. The van der Waals surface area contributed by atoms with Crippen molar-refractivity contribution in [2.45, 2.75) is 6.92 Å². The van der Waals surface area contributed by atoms with Crippen LogP contribution in [0.3, 0.4) is 0 Å². The molecule has 3 nitrogen and oxygen atoms in total. The predicted molar refractivity (Wildman–Crippen MR) is 52.1 cm³/mol. The number of halogens is 2. The van der Waals surface area contributed by atoms with Crippen LogP contribution in [0.2, 0.25) is 5.02 Å². The zero-order valence-corrected chi connectivity index (χ0v) is 8.08. The van der Waals surface area contributed by atoms with Crippen molar-refractivity contribution in [3.05, 3.63) is 50.4 Å². The third-order valence-corrected chi connectivity index (χ3v) is 1.97. The summed E-state index contributed by atoms with van der Waals surface area (Å²) < 4.78 is 13.1. The molecule has 1 rings (SSSR count). The van der Waals surface area contributed by atoms with Crippen molar-refractivity contribution >= 4 is 17.7 Å². The first-order valence-electron chi connectivity index (χ1n) is 3.79. The van der Waals surface area contributed by atoms with E-state index in [0.717, 1.165) is 6.08 Å². The molecule has 0 bridgehead atoms. The summed E-state index contributed by atoms with van der Waals surface area (Å²) >= 11 is 5.67. The highest BCUT2D eigenvalue weighted by Gasteiger charge is 2.08. The summed E-state index contributed by atoms with van der Waals surface area (Å²) in [6.07, 6.45) is 1.11. The Bertz CT molecular complexity index is 384. The molecule has 0 N–H and O–H groups in total. The Labute approximate surface area is 85.0 Å². The zero-order valence-electron chi connectivity index (χ0n) is 7.33. The summed E-state index contributed by atoms with van der Waals surface area (Å²) in [5.74, 6) is -0.571. The van der Waals surface area contributed by atoms with Crippen LogP contribution >= 0.6 is 11.6 Å². The van der Waals surface area contributed by atoms with Crippen LogP contribution in [0.4, 0.5) is 4.39 Å². The van der Waals surface area contributed by atoms with Crippen molar-refractivity contribution in [3.8, 4) is 0 Å². The molecule has 14 heavy (non-hydrogen) atoms. The third-order valence-electron chi connectivity index (χ3n) is 1.64. The number of allylic oxidation sites excluding steroid dienone is 1. The molecule has 0 amide bonds. The maximum Gasteiger partial charge on any atom is 0.243 e. The van der Waals surface area contributed by atoms with Gasteiger partial charge in [0.15, 0.2) is 0 Å². The normalized spacial score (nSPS) is 11.5. The molecule has 0 aromatic heterocycles. The molecular weight excluding hydrogens is 209 g/mol. The molecule has 0 heterocycles. The molecule has 0 radical (unpaired) electrons. The fraction of sp³-hybridized carbons (Fsp3) is 0.111. The topological polar surface area (TPSA) is 43.1 Å². The van der Waals surface area contributed by atoms with Crippen LogP contribution in [0.5, 0.6) is 0 Å². The van der Waals surface area contributed by atoms with E-state index in [1.807, 2.05) is 0 Å². The van der Waals surface area contributed by atoms with Gasteiger partial charge in [-0.3, -0.25) is 10.1 Å². The Balaban J connectivity index is 3.20. The van der Waals surface area contributed by atoms with Crippen molar-refractivity contribution in [2.75, 3.05) is 0 Å². The Kier molecular flexibility index (Phi) is 3.19. The quantitative estimate of drug-likeness (QED) is 0.562. The maximum absolute atomic E-state index is 13.1. The molecule has 0 aliphatic heterocycles. The fourth-order valence-corrected chi connectivity index (χ4v) is 1.13. The number of hydrogen-bond donors (Lipinski definition) is 0. The first kappa shape index (κ1) is 10.7. The van der Waals surface area contributed by atoms with E-state index in [0.29, 0.717) is 0 Å². The second-order valence-corrected chi connectivity index (χ2v) is 3.09. The smallest absolute Gasteiger partial charge is 0.243 e. The third kappa shape index (κ3) is 2.29. The zero-order chi connectivity index (χ0) is 10.7. The summed E-state index contributed by atoms with van der Waals surface area (Å²) in [7, 11) is 0. The van der Waals surface area contributed by atoms with Crippen molar-refractivity contribution in [1.29, 1.82) is 0 Å². The van der Waals surface area contributed by atoms with Gasteiger partial charge in [-0.05, 0) is 12.1 Å². The van der Waals surface area contributed by atoms with Crippen LogP contribution in [-0.2, 0) is 0 Å². The lowest BCUT2D eigenvalue weighted by Crippen LogP contribution is -1.94. The number of nitro groups is 1. The monoisotopic (exact) mass is 215 g/mol. The number of nitrogens with zero attached hydrogens (tertiary/aromatic N) is 1. The van der Waals surface area contributed by atoms with Crippen LogP contribution < -0.4 is 0 Å². The van der Waals surface area contributed by atoms with Crippen molar-refractivity contribution in [2.24, 2.45) is 0 Å². The van der Waals surface area contributed by atoms with Gasteiger partial charge in [0.25, 0.3) is 0 Å². The van der Waals surface area contributed by atoms with Gasteiger partial charge in [0.05, 0.1) is 9.95 Å². The molecule has 0 fully saturated rings. The summed E-state index contributed by atoms with van der Waals surface area (Å²) in [5.41, 5.74) is -0.111. The van der Waals surface area contributed by atoms with Crippen molar-refractivity contribution in [1.82, 2.24) is 0 Å². The summed E-state index contributed by atoms with van der Waals surface area (Å²) in [6.45, 7) is 1.28. The lowest BCUT2D eigenvalue weighted by Gasteiger charge is -1.98. The first-order valence-corrected chi connectivity index (χ1v) is 4.17. The molecule has 0 saturated carbocycles. The second kappa shape index (κ2) is 4.19. The molecule has 1 aromatic rings. The number of hydrogen-bond acceptors (Lipinski definition) is 2. The minimum atomic E-state index is -0.594.